The summed E-state index contributed by atoms with van der Waals surface area (Å²) < 4.78 is 0. The van der Waals surface area contributed by atoms with E-state index in [1.165, 1.54) is 24.0 Å². The fourth-order valence-corrected chi connectivity index (χ4v) is 3.90. The third kappa shape index (κ3) is 5.18. The molecular weight excluding hydrogens is 350 g/mol. The molecule has 1 aliphatic carbocycles. The van der Waals surface area contributed by atoms with E-state index in [4.69, 9.17) is 0 Å². The van der Waals surface area contributed by atoms with Gasteiger partial charge in [-0.3, -0.25) is 14.7 Å². The molecule has 2 N–H and O–H groups in total. The molecule has 148 valence electrons. The van der Waals surface area contributed by atoms with Gasteiger partial charge < -0.3 is 10.4 Å². The van der Waals surface area contributed by atoms with Crippen molar-refractivity contribution in [1.29, 1.82) is 0 Å². The van der Waals surface area contributed by atoms with E-state index in [-0.39, 0.29) is 12.5 Å². The highest BCUT2D eigenvalue weighted by atomic mass is 16.3. The summed E-state index contributed by atoms with van der Waals surface area (Å²) in [6, 6.07) is 12.1. The molecule has 0 unspecified atom stereocenters. The molecule has 1 fully saturated rings. The lowest BCUT2D eigenvalue weighted by molar-refractivity contribution is 0.0841. The molecule has 5 heteroatoms. The van der Waals surface area contributed by atoms with E-state index in [9.17, 15) is 9.90 Å². The summed E-state index contributed by atoms with van der Waals surface area (Å²) in [5.41, 5.74) is 4.34. The van der Waals surface area contributed by atoms with Crippen LogP contribution in [0, 0.1) is 5.92 Å². The fourth-order valence-electron chi connectivity index (χ4n) is 3.90. The molecule has 28 heavy (non-hydrogen) atoms. The number of β-amino-alcohol motifs (C(OH)–C–C–N with tert-alkyl or cyclic N) is 1. The van der Waals surface area contributed by atoms with Gasteiger partial charge in [0, 0.05) is 43.6 Å². The van der Waals surface area contributed by atoms with Crippen LogP contribution in [0.2, 0.25) is 0 Å². The van der Waals surface area contributed by atoms with Crippen molar-refractivity contribution in [3.05, 3.63) is 65.0 Å². The van der Waals surface area contributed by atoms with Crippen molar-refractivity contribution < 1.29 is 9.90 Å². The predicted octanol–water partition coefficient (Wildman–Crippen LogP) is 2.57. The summed E-state index contributed by atoms with van der Waals surface area (Å²) >= 11 is 0. The van der Waals surface area contributed by atoms with Crippen LogP contribution < -0.4 is 5.32 Å². The van der Waals surface area contributed by atoms with E-state index < -0.39 is 6.10 Å². The molecule has 1 atom stereocenters. The SMILES string of the molecule is O=C(NC[C@H](O)CN1CCc2ccccc2C1)c1ccnc(CCC2CC2)c1. The van der Waals surface area contributed by atoms with Gasteiger partial charge in [-0.05, 0) is 48.4 Å². The van der Waals surface area contributed by atoms with Crippen LogP contribution in [0.15, 0.2) is 42.6 Å². The minimum Gasteiger partial charge on any atom is -0.390 e. The van der Waals surface area contributed by atoms with E-state index >= 15 is 0 Å². The van der Waals surface area contributed by atoms with E-state index in [1.807, 2.05) is 6.07 Å². The van der Waals surface area contributed by atoms with E-state index in [2.05, 4.69) is 39.5 Å². The summed E-state index contributed by atoms with van der Waals surface area (Å²) in [5.74, 6) is 0.717. The van der Waals surface area contributed by atoms with Crippen molar-refractivity contribution in [3.8, 4) is 0 Å². The van der Waals surface area contributed by atoms with Crippen molar-refractivity contribution in [2.45, 2.75) is 44.8 Å². The lowest BCUT2D eigenvalue weighted by Gasteiger charge is -2.30. The minimum absolute atomic E-state index is 0.141. The first-order chi connectivity index (χ1) is 13.7. The van der Waals surface area contributed by atoms with Gasteiger partial charge in [-0.15, -0.1) is 0 Å². The standard InChI is InChI=1S/C23H29N3O2/c27-22(16-26-12-10-18-3-1-2-4-20(18)15-26)14-25-23(28)19-9-11-24-21(13-19)8-7-17-5-6-17/h1-4,9,11,13,17,22,27H,5-8,10,12,14-16H2,(H,25,28)/t22-/m0/s1. The second-order valence-electron chi connectivity index (χ2n) is 8.14. The van der Waals surface area contributed by atoms with Gasteiger partial charge in [0.1, 0.15) is 0 Å². The van der Waals surface area contributed by atoms with Crippen LogP contribution in [-0.4, -0.2) is 46.6 Å². The van der Waals surface area contributed by atoms with Crippen molar-refractivity contribution in [2.75, 3.05) is 19.6 Å². The maximum atomic E-state index is 12.4. The van der Waals surface area contributed by atoms with Gasteiger partial charge in [-0.1, -0.05) is 37.1 Å². The number of aromatic nitrogens is 1. The van der Waals surface area contributed by atoms with Gasteiger partial charge in [0.15, 0.2) is 0 Å². The fraction of sp³-hybridized carbons (Fsp3) is 0.478. The van der Waals surface area contributed by atoms with Crippen LogP contribution in [0.4, 0.5) is 0 Å². The Labute approximate surface area is 166 Å². The first-order valence-electron chi connectivity index (χ1n) is 10.4. The number of fused-ring (bicyclic) bond motifs is 1. The van der Waals surface area contributed by atoms with Gasteiger partial charge in [-0.2, -0.15) is 0 Å². The zero-order valence-corrected chi connectivity index (χ0v) is 16.3. The van der Waals surface area contributed by atoms with Crippen molar-refractivity contribution >= 4 is 5.91 Å². The van der Waals surface area contributed by atoms with E-state index in [1.54, 1.807) is 12.3 Å². The van der Waals surface area contributed by atoms with Crippen molar-refractivity contribution in [1.82, 2.24) is 15.2 Å². The third-order valence-electron chi connectivity index (χ3n) is 5.76. The number of aliphatic hydroxyl groups excluding tert-OH is 1. The van der Waals surface area contributed by atoms with Crippen molar-refractivity contribution in [3.63, 3.8) is 0 Å². The monoisotopic (exact) mass is 379 g/mol. The second-order valence-corrected chi connectivity index (χ2v) is 8.14. The highest BCUT2D eigenvalue weighted by Gasteiger charge is 2.21. The molecule has 0 bridgehead atoms. The number of nitrogens with one attached hydrogen (secondary N) is 1. The van der Waals surface area contributed by atoms with E-state index in [0.717, 1.165) is 44.0 Å². The van der Waals surface area contributed by atoms with E-state index in [0.29, 0.717) is 12.1 Å². The number of aryl methyl sites for hydroxylation is 1. The number of hydrogen-bond acceptors (Lipinski definition) is 4. The molecule has 0 radical (unpaired) electrons. The number of aliphatic hydroxyl groups is 1. The molecule has 5 nitrogen and oxygen atoms in total. The molecule has 2 heterocycles. The Morgan fingerprint density at radius 3 is 2.89 bits per heavy atom. The number of carbonyl (C=O) groups is 1. The Morgan fingerprint density at radius 1 is 1.25 bits per heavy atom. The van der Waals surface area contributed by atoms with Crippen LogP contribution >= 0.6 is 0 Å². The Morgan fingerprint density at radius 2 is 2.07 bits per heavy atom. The summed E-state index contributed by atoms with van der Waals surface area (Å²) in [4.78, 5) is 19.1. The summed E-state index contributed by atoms with van der Waals surface area (Å²) in [6.45, 7) is 2.63. The minimum atomic E-state index is -0.578. The summed E-state index contributed by atoms with van der Waals surface area (Å²) in [6.07, 6.45) is 6.90. The Hall–Kier alpha value is -2.24. The zero-order valence-electron chi connectivity index (χ0n) is 16.3. The van der Waals surface area contributed by atoms with Crippen LogP contribution in [0.1, 0.15) is 46.4 Å². The predicted molar refractivity (Wildman–Crippen MR) is 109 cm³/mol. The number of amides is 1. The molecule has 1 saturated carbocycles. The Bertz CT molecular complexity index is 819. The van der Waals surface area contributed by atoms with Crippen LogP contribution in [0.5, 0.6) is 0 Å². The maximum absolute atomic E-state index is 12.4. The molecule has 1 aliphatic heterocycles. The molecule has 2 aliphatic rings. The number of pyridine rings is 1. The summed E-state index contributed by atoms with van der Waals surface area (Å²) in [5, 5.41) is 13.3. The number of rotatable bonds is 8. The smallest absolute Gasteiger partial charge is 0.251 e. The molecule has 4 rings (SSSR count). The second kappa shape index (κ2) is 8.84. The van der Waals surface area contributed by atoms with Gasteiger partial charge in [0.2, 0.25) is 0 Å². The lowest BCUT2D eigenvalue weighted by atomic mass is 10.00. The zero-order chi connectivity index (χ0) is 19.3. The van der Waals surface area contributed by atoms with Gasteiger partial charge in [-0.25, -0.2) is 0 Å². The highest BCUT2D eigenvalue weighted by molar-refractivity contribution is 5.94. The average molecular weight is 380 g/mol. The largest absolute Gasteiger partial charge is 0.390 e. The number of benzene rings is 1. The third-order valence-corrected chi connectivity index (χ3v) is 5.76. The number of nitrogens with zero attached hydrogens (tertiary/aromatic N) is 2. The maximum Gasteiger partial charge on any atom is 0.251 e. The number of carbonyl (C=O) groups excluding carboxylic acids is 1. The van der Waals surface area contributed by atoms with Gasteiger partial charge >= 0.3 is 0 Å². The van der Waals surface area contributed by atoms with Crippen LogP contribution in [0.25, 0.3) is 0 Å². The van der Waals surface area contributed by atoms with Crippen LogP contribution in [-0.2, 0) is 19.4 Å². The number of hydrogen-bond donors (Lipinski definition) is 2. The molecule has 1 aromatic heterocycles. The molecule has 1 amide bonds. The van der Waals surface area contributed by atoms with Gasteiger partial charge in [0.05, 0.1) is 6.10 Å². The first kappa shape index (κ1) is 19.1. The molecule has 0 spiro atoms. The quantitative estimate of drug-likeness (QED) is 0.740. The molecular formula is C23H29N3O2. The summed E-state index contributed by atoms with van der Waals surface area (Å²) in [7, 11) is 0. The van der Waals surface area contributed by atoms with Gasteiger partial charge in [0.25, 0.3) is 5.91 Å². The molecule has 0 saturated heterocycles. The van der Waals surface area contributed by atoms with Crippen LogP contribution in [0.3, 0.4) is 0 Å². The average Bonchev–Trinajstić information content (AvgIpc) is 3.55. The Balaban J connectivity index is 1.23. The molecule has 2 aromatic rings. The lowest BCUT2D eigenvalue weighted by Crippen LogP contribution is -2.42. The topological polar surface area (TPSA) is 65.5 Å². The highest BCUT2D eigenvalue weighted by Crippen LogP contribution is 2.33. The van der Waals surface area contributed by atoms with Crippen molar-refractivity contribution in [2.24, 2.45) is 5.92 Å². The molecule has 1 aromatic carbocycles. The Kier molecular flexibility index (Phi) is 6.03. The first-order valence-corrected chi connectivity index (χ1v) is 10.4. The normalized spacial score (nSPS) is 17.8.